The van der Waals surface area contributed by atoms with E-state index < -0.39 is 0 Å². The van der Waals surface area contributed by atoms with Crippen LogP contribution in [0.1, 0.15) is 26.7 Å². The van der Waals surface area contributed by atoms with Gasteiger partial charge in [0, 0.05) is 11.2 Å². The number of rotatable bonds is 4. The van der Waals surface area contributed by atoms with Gasteiger partial charge in [0.15, 0.2) is 11.6 Å². The van der Waals surface area contributed by atoms with Crippen LogP contribution in [0.25, 0.3) is 12.2 Å². The second kappa shape index (κ2) is 7.52. The lowest BCUT2D eigenvalue weighted by molar-refractivity contribution is -0.741. The van der Waals surface area contributed by atoms with Gasteiger partial charge in [-0.3, -0.25) is 0 Å². The first-order valence-electron chi connectivity index (χ1n) is 6.48. The lowest BCUT2D eigenvalue weighted by Gasteiger charge is -2.04. The maximum absolute atomic E-state index is 9.79. The van der Waals surface area contributed by atoms with E-state index in [1.807, 2.05) is 49.7 Å². The maximum atomic E-state index is 9.79. The predicted octanol–water partition coefficient (Wildman–Crippen LogP) is 0.422. The molecule has 2 aromatic rings. The Morgan fingerprint density at radius 3 is 2.43 bits per heavy atom. The molecule has 0 aliphatic rings. The van der Waals surface area contributed by atoms with Crippen LogP contribution in [-0.2, 0) is 6.54 Å². The molecule has 1 aromatic heterocycles. The summed E-state index contributed by atoms with van der Waals surface area (Å²) in [5, 5.41) is 16.3. The molecule has 0 bridgehead atoms. The van der Waals surface area contributed by atoms with Crippen LogP contribution in [0.5, 0.6) is 5.75 Å². The third kappa shape index (κ3) is 4.25. The van der Waals surface area contributed by atoms with E-state index in [1.54, 1.807) is 11.3 Å². The summed E-state index contributed by atoms with van der Waals surface area (Å²) in [6.45, 7) is 10.3. The van der Waals surface area contributed by atoms with Crippen molar-refractivity contribution in [2.75, 3.05) is 0 Å². The van der Waals surface area contributed by atoms with Crippen LogP contribution in [0, 0.1) is 20.8 Å². The standard InChI is InChI=1S/C16H18N2OS.BrH/c1-5-8-18-15(20-13(4)17-18)7-6-14-9-11(2)16(19)12(3)10-14;/h5-7,9-10H,1,8H2,2-4H3;1H. The number of phenolic OH excluding ortho intramolecular Hbond substituents is 1. The van der Waals surface area contributed by atoms with Crippen molar-refractivity contribution in [1.82, 2.24) is 5.10 Å². The summed E-state index contributed by atoms with van der Waals surface area (Å²) in [5.41, 5.74) is 2.86. The third-order valence-electron chi connectivity index (χ3n) is 3.00. The van der Waals surface area contributed by atoms with Crippen molar-refractivity contribution in [2.45, 2.75) is 27.3 Å². The molecule has 0 radical (unpaired) electrons. The summed E-state index contributed by atoms with van der Waals surface area (Å²) in [4.78, 5) is 0. The monoisotopic (exact) mass is 366 g/mol. The van der Waals surface area contributed by atoms with Crippen LogP contribution in [0.2, 0.25) is 0 Å². The molecule has 0 aliphatic heterocycles. The van der Waals surface area contributed by atoms with Crippen LogP contribution in [-0.4, -0.2) is 10.2 Å². The SMILES string of the molecule is C=CC[n+]1nc(C)sc1/C=C/c1cc(C)c(O)c(C)c1.[Br-]. The Balaban J connectivity index is 0.00000220. The molecule has 1 heterocycles. The van der Waals surface area contributed by atoms with E-state index in [2.05, 4.69) is 17.8 Å². The number of allylic oxidation sites excluding steroid dienone is 1. The fraction of sp³-hybridized carbons (Fsp3) is 0.250. The number of aromatic nitrogens is 2. The summed E-state index contributed by atoms with van der Waals surface area (Å²) >= 11 is 1.65. The average Bonchev–Trinajstić information content (AvgIpc) is 2.74. The summed E-state index contributed by atoms with van der Waals surface area (Å²) in [5.74, 6) is 0.373. The van der Waals surface area contributed by atoms with Crippen LogP contribution in [0.3, 0.4) is 0 Å². The van der Waals surface area contributed by atoms with E-state index in [-0.39, 0.29) is 17.0 Å². The minimum atomic E-state index is 0. The summed E-state index contributed by atoms with van der Waals surface area (Å²) in [6, 6.07) is 3.95. The molecule has 0 saturated carbocycles. The minimum absolute atomic E-state index is 0. The van der Waals surface area contributed by atoms with E-state index in [1.165, 1.54) is 0 Å². The molecule has 5 heteroatoms. The van der Waals surface area contributed by atoms with Crippen LogP contribution in [0.4, 0.5) is 0 Å². The molecule has 0 fully saturated rings. The van der Waals surface area contributed by atoms with Crippen molar-refractivity contribution in [2.24, 2.45) is 0 Å². The topological polar surface area (TPSA) is 37.0 Å². The molecule has 112 valence electrons. The molecule has 0 atom stereocenters. The first kappa shape index (κ1) is 17.6. The van der Waals surface area contributed by atoms with Gasteiger partial charge in [-0.25, -0.2) is 0 Å². The first-order chi connectivity index (χ1) is 9.51. The molecule has 0 unspecified atom stereocenters. The maximum Gasteiger partial charge on any atom is 0.289 e. The van der Waals surface area contributed by atoms with Crippen LogP contribution in [0.15, 0.2) is 24.8 Å². The normalized spacial score (nSPS) is 10.6. The number of nitrogens with zero attached hydrogens (tertiary/aromatic N) is 2. The molecule has 2 rings (SSSR count). The van der Waals surface area contributed by atoms with Crippen LogP contribution >= 0.6 is 11.3 Å². The van der Waals surface area contributed by atoms with E-state index >= 15 is 0 Å². The molecule has 0 saturated heterocycles. The quantitative estimate of drug-likeness (QED) is 0.628. The molecular weight excluding hydrogens is 348 g/mol. The highest BCUT2D eigenvalue weighted by atomic mass is 79.9. The lowest BCUT2D eigenvalue weighted by Crippen LogP contribution is -3.00. The highest BCUT2D eigenvalue weighted by Crippen LogP contribution is 2.24. The number of benzene rings is 1. The Kier molecular flexibility index (Phi) is 6.30. The zero-order chi connectivity index (χ0) is 14.7. The zero-order valence-corrected chi connectivity index (χ0v) is 14.8. The minimum Gasteiger partial charge on any atom is -1.00 e. The number of halogens is 1. The summed E-state index contributed by atoms with van der Waals surface area (Å²) in [6.07, 6.45) is 5.94. The van der Waals surface area contributed by atoms with E-state index in [4.69, 9.17) is 0 Å². The van der Waals surface area contributed by atoms with Gasteiger partial charge in [0.25, 0.3) is 5.01 Å². The van der Waals surface area contributed by atoms with E-state index in [0.717, 1.165) is 26.7 Å². The van der Waals surface area contributed by atoms with Gasteiger partial charge in [0.05, 0.1) is 0 Å². The molecular formula is C16H19BrN2OS. The predicted molar refractivity (Wildman–Crippen MR) is 83.8 cm³/mol. The number of hydrogen-bond donors (Lipinski definition) is 1. The summed E-state index contributed by atoms with van der Waals surface area (Å²) < 4.78 is 1.93. The Morgan fingerprint density at radius 1 is 1.24 bits per heavy atom. The molecule has 0 aliphatic carbocycles. The van der Waals surface area contributed by atoms with Crippen LogP contribution < -0.4 is 21.7 Å². The van der Waals surface area contributed by atoms with E-state index in [0.29, 0.717) is 12.3 Å². The van der Waals surface area contributed by atoms with Gasteiger partial charge < -0.3 is 22.1 Å². The number of hydrogen-bond acceptors (Lipinski definition) is 3. The summed E-state index contributed by atoms with van der Waals surface area (Å²) in [7, 11) is 0. The Bertz CT molecular complexity index is 654. The van der Waals surface area contributed by atoms with E-state index in [9.17, 15) is 5.11 Å². The molecule has 21 heavy (non-hydrogen) atoms. The van der Waals surface area contributed by atoms with Gasteiger partial charge in [0.2, 0.25) is 0 Å². The van der Waals surface area contributed by atoms with Crippen molar-refractivity contribution in [1.29, 1.82) is 0 Å². The second-order valence-corrected chi connectivity index (χ2v) is 5.98. The lowest BCUT2D eigenvalue weighted by atomic mass is 10.1. The average molecular weight is 367 g/mol. The number of aromatic hydroxyl groups is 1. The highest BCUT2D eigenvalue weighted by molar-refractivity contribution is 7.11. The van der Waals surface area contributed by atoms with Crippen molar-refractivity contribution in [3.8, 4) is 5.75 Å². The van der Waals surface area contributed by atoms with Gasteiger partial charge >= 0.3 is 0 Å². The zero-order valence-electron chi connectivity index (χ0n) is 12.4. The van der Waals surface area contributed by atoms with Gasteiger partial charge in [-0.2, -0.15) is 0 Å². The van der Waals surface area contributed by atoms with Crippen molar-refractivity contribution in [3.05, 3.63) is 51.5 Å². The molecule has 0 amide bonds. The number of aryl methyl sites for hydroxylation is 3. The first-order valence-corrected chi connectivity index (χ1v) is 7.29. The van der Waals surface area contributed by atoms with Gasteiger partial charge in [0.1, 0.15) is 5.75 Å². The van der Waals surface area contributed by atoms with Gasteiger partial charge in [-0.1, -0.05) is 11.3 Å². The molecule has 0 spiro atoms. The fourth-order valence-corrected chi connectivity index (χ4v) is 2.87. The number of phenols is 1. The highest BCUT2D eigenvalue weighted by Gasteiger charge is 2.13. The van der Waals surface area contributed by atoms with Gasteiger partial charge in [-0.05, 0) is 73.1 Å². The van der Waals surface area contributed by atoms with Crippen molar-refractivity contribution in [3.63, 3.8) is 0 Å². The van der Waals surface area contributed by atoms with Crippen molar-refractivity contribution < 1.29 is 26.8 Å². The smallest absolute Gasteiger partial charge is 0.289 e. The Labute approximate surface area is 140 Å². The largest absolute Gasteiger partial charge is 1.00 e. The fourth-order valence-electron chi connectivity index (χ4n) is 2.07. The van der Waals surface area contributed by atoms with Gasteiger partial charge in [-0.15, -0.1) is 0 Å². The third-order valence-corrected chi connectivity index (χ3v) is 3.94. The second-order valence-electron chi connectivity index (χ2n) is 4.77. The molecule has 1 aromatic carbocycles. The Hall–Kier alpha value is -1.46. The molecule has 1 N–H and O–H groups in total. The molecule has 3 nitrogen and oxygen atoms in total. The van der Waals surface area contributed by atoms with Crippen molar-refractivity contribution >= 4 is 23.5 Å². The Morgan fingerprint density at radius 2 is 1.86 bits per heavy atom.